The zero-order valence-corrected chi connectivity index (χ0v) is 10.1. The van der Waals surface area contributed by atoms with Gasteiger partial charge in [0.2, 0.25) is 5.91 Å². The predicted molar refractivity (Wildman–Crippen MR) is 64.4 cm³/mol. The lowest BCUT2D eigenvalue weighted by molar-refractivity contribution is -0.132. The van der Waals surface area contributed by atoms with E-state index in [1.807, 2.05) is 25.7 Å². The Hall–Kier alpha value is -1.51. The standard InChI is InChI=1S/C13H19NO2/c1-4-14(5-2)13(16)10(3)11-6-8-12(15)9-7-11/h6-10,15H,4-5H2,1-3H3. The molecule has 0 aromatic heterocycles. The van der Waals surface area contributed by atoms with Crippen LogP contribution in [0.3, 0.4) is 0 Å². The molecule has 88 valence electrons. The highest BCUT2D eigenvalue weighted by molar-refractivity contribution is 5.83. The van der Waals surface area contributed by atoms with Crippen molar-refractivity contribution < 1.29 is 9.90 Å². The summed E-state index contributed by atoms with van der Waals surface area (Å²) < 4.78 is 0. The van der Waals surface area contributed by atoms with Crippen molar-refractivity contribution in [2.24, 2.45) is 0 Å². The van der Waals surface area contributed by atoms with Crippen molar-refractivity contribution >= 4 is 5.91 Å². The molecule has 1 N–H and O–H groups in total. The molecular formula is C13H19NO2. The van der Waals surface area contributed by atoms with Gasteiger partial charge in [0.25, 0.3) is 0 Å². The molecule has 0 bridgehead atoms. The van der Waals surface area contributed by atoms with Gasteiger partial charge in [0.05, 0.1) is 5.92 Å². The normalized spacial score (nSPS) is 12.2. The molecule has 1 rings (SSSR count). The molecule has 1 unspecified atom stereocenters. The second-order valence-corrected chi connectivity index (χ2v) is 3.82. The number of carbonyl (C=O) groups is 1. The molecule has 0 aliphatic carbocycles. The van der Waals surface area contributed by atoms with Crippen LogP contribution in [-0.4, -0.2) is 29.0 Å². The fourth-order valence-electron chi connectivity index (χ4n) is 1.71. The minimum atomic E-state index is -0.152. The van der Waals surface area contributed by atoms with E-state index < -0.39 is 0 Å². The van der Waals surface area contributed by atoms with E-state index in [0.29, 0.717) is 0 Å². The molecule has 1 aromatic rings. The molecular weight excluding hydrogens is 202 g/mol. The molecule has 0 saturated heterocycles. The van der Waals surface area contributed by atoms with Crippen LogP contribution in [0.15, 0.2) is 24.3 Å². The van der Waals surface area contributed by atoms with Gasteiger partial charge < -0.3 is 10.0 Å². The van der Waals surface area contributed by atoms with E-state index in [-0.39, 0.29) is 17.6 Å². The lowest BCUT2D eigenvalue weighted by Gasteiger charge is -2.23. The van der Waals surface area contributed by atoms with E-state index >= 15 is 0 Å². The Labute approximate surface area is 96.7 Å². The molecule has 1 atom stereocenters. The summed E-state index contributed by atoms with van der Waals surface area (Å²) in [4.78, 5) is 13.9. The van der Waals surface area contributed by atoms with Crippen molar-refractivity contribution in [2.75, 3.05) is 13.1 Å². The van der Waals surface area contributed by atoms with Crippen LogP contribution < -0.4 is 0 Å². The van der Waals surface area contributed by atoms with Crippen molar-refractivity contribution in [1.82, 2.24) is 4.90 Å². The van der Waals surface area contributed by atoms with Gasteiger partial charge >= 0.3 is 0 Å². The van der Waals surface area contributed by atoms with Crippen LogP contribution in [0.25, 0.3) is 0 Å². The van der Waals surface area contributed by atoms with Crippen LogP contribution in [0.5, 0.6) is 5.75 Å². The first-order valence-corrected chi connectivity index (χ1v) is 5.67. The molecule has 3 nitrogen and oxygen atoms in total. The molecule has 0 fully saturated rings. The first kappa shape index (κ1) is 12.6. The number of phenolic OH excluding ortho intramolecular Hbond substituents is 1. The van der Waals surface area contributed by atoms with Gasteiger partial charge in [0.15, 0.2) is 0 Å². The highest BCUT2D eigenvalue weighted by atomic mass is 16.3. The summed E-state index contributed by atoms with van der Waals surface area (Å²) in [7, 11) is 0. The SMILES string of the molecule is CCN(CC)C(=O)C(C)c1ccc(O)cc1. The number of phenols is 1. The number of hydrogen-bond acceptors (Lipinski definition) is 2. The van der Waals surface area contributed by atoms with Gasteiger partial charge in [-0.15, -0.1) is 0 Å². The number of aromatic hydroxyl groups is 1. The van der Waals surface area contributed by atoms with E-state index in [0.717, 1.165) is 18.7 Å². The second kappa shape index (κ2) is 5.54. The molecule has 0 heterocycles. The molecule has 16 heavy (non-hydrogen) atoms. The summed E-state index contributed by atoms with van der Waals surface area (Å²) in [5, 5.41) is 9.18. The van der Waals surface area contributed by atoms with Crippen LogP contribution in [0, 0.1) is 0 Å². The largest absolute Gasteiger partial charge is 0.508 e. The van der Waals surface area contributed by atoms with Gasteiger partial charge in [0.1, 0.15) is 5.75 Å². The number of rotatable bonds is 4. The maximum Gasteiger partial charge on any atom is 0.229 e. The minimum Gasteiger partial charge on any atom is -0.508 e. The Morgan fingerprint density at radius 3 is 2.19 bits per heavy atom. The lowest BCUT2D eigenvalue weighted by Crippen LogP contribution is -2.33. The van der Waals surface area contributed by atoms with Gasteiger partial charge in [-0.3, -0.25) is 4.79 Å². The number of benzene rings is 1. The van der Waals surface area contributed by atoms with Crippen LogP contribution in [0.2, 0.25) is 0 Å². The number of amides is 1. The van der Waals surface area contributed by atoms with Crippen molar-refractivity contribution in [3.05, 3.63) is 29.8 Å². The highest BCUT2D eigenvalue weighted by Crippen LogP contribution is 2.20. The molecule has 0 saturated carbocycles. The van der Waals surface area contributed by atoms with Crippen molar-refractivity contribution in [3.8, 4) is 5.75 Å². The Kier molecular flexibility index (Phi) is 4.35. The van der Waals surface area contributed by atoms with Gasteiger partial charge in [-0.1, -0.05) is 12.1 Å². The maximum atomic E-state index is 12.1. The molecule has 3 heteroatoms. The van der Waals surface area contributed by atoms with Crippen molar-refractivity contribution in [2.45, 2.75) is 26.7 Å². The minimum absolute atomic E-state index is 0.135. The Bertz CT molecular complexity index is 341. The predicted octanol–water partition coefficient (Wildman–Crippen LogP) is 2.36. The van der Waals surface area contributed by atoms with Crippen LogP contribution >= 0.6 is 0 Å². The topological polar surface area (TPSA) is 40.5 Å². The summed E-state index contributed by atoms with van der Waals surface area (Å²) in [6.45, 7) is 7.32. The summed E-state index contributed by atoms with van der Waals surface area (Å²) in [6.07, 6.45) is 0. The third-order valence-corrected chi connectivity index (χ3v) is 2.84. The Morgan fingerprint density at radius 2 is 1.75 bits per heavy atom. The van der Waals surface area contributed by atoms with Gasteiger partial charge in [0, 0.05) is 13.1 Å². The van der Waals surface area contributed by atoms with Crippen molar-refractivity contribution in [1.29, 1.82) is 0 Å². The first-order valence-electron chi connectivity index (χ1n) is 5.67. The van der Waals surface area contributed by atoms with E-state index in [4.69, 9.17) is 0 Å². The number of likely N-dealkylation sites (N-methyl/N-ethyl adjacent to an activating group) is 1. The fourth-order valence-corrected chi connectivity index (χ4v) is 1.71. The molecule has 0 spiro atoms. The second-order valence-electron chi connectivity index (χ2n) is 3.82. The van der Waals surface area contributed by atoms with Gasteiger partial charge in [-0.05, 0) is 38.5 Å². The van der Waals surface area contributed by atoms with E-state index in [2.05, 4.69) is 0 Å². The summed E-state index contributed by atoms with van der Waals surface area (Å²) >= 11 is 0. The van der Waals surface area contributed by atoms with Crippen LogP contribution in [0.4, 0.5) is 0 Å². The average molecular weight is 221 g/mol. The third kappa shape index (κ3) is 2.75. The maximum absolute atomic E-state index is 12.1. The lowest BCUT2D eigenvalue weighted by atomic mass is 9.99. The molecule has 0 aliphatic rings. The summed E-state index contributed by atoms with van der Waals surface area (Å²) in [5.74, 6) is 0.211. The van der Waals surface area contributed by atoms with Crippen molar-refractivity contribution in [3.63, 3.8) is 0 Å². The molecule has 0 radical (unpaired) electrons. The summed E-state index contributed by atoms with van der Waals surface area (Å²) in [6, 6.07) is 6.81. The Morgan fingerprint density at radius 1 is 1.25 bits per heavy atom. The quantitative estimate of drug-likeness (QED) is 0.848. The number of hydrogen-bond donors (Lipinski definition) is 1. The zero-order valence-electron chi connectivity index (χ0n) is 10.1. The fraction of sp³-hybridized carbons (Fsp3) is 0.462. The molecule has 0 aliphatic heterocycles. The van der Waals surface area contributed by atoms with E-state index in [1.165, 1.54) is 0 Å². The Balaban J connectivity index is 2.81. The van der Waals surface area contributed by atoms with E-state index in [1.54, 1.807) is 24.3 Å². The molecule has 1 amide bonds. The van der Waals surface area contributed by atoms with Crippen LogP contribution in [0.1, 0.15) is 32.3 Å². The van der Waals surface area contributed by atoms with Crippen LogP contribution in [-0.2, 0) is 4.79 Å². The van der Waals surface area contributed by atoms with Gasteiger partial charge in [-0.25, -0.2) is 0 Å². The highest BCUT2D eigenvalue weighted by Gasteiger charge is 2.19. The average Bonchev–Trinajstić information content (AvgIpc) is 2.30. The van der Waals surface area contributed by atoms with Gasteiger partial charge in [-0.2, -0.15) is 0 Å². The summed E-state index contributed by atoms with van der Waals surface area (Å²) in [5.41, 5.74) is 0.940. The first-order chi connectivity index (χ1) is 7.60. The number of nitrogens with zero attached hydrogens (tertiary/aromatic N) is 1. The third-order valence-electron chi connectivity index (χ3n) is 2.84. The smallest absolute Gasteiger partial charge is 0.229 e. The van der Waals surface area contributed by atoms with E-state index in [9.17, 15) is 9.90 Å². The number of carbonyl (C=O) groups excluding carboxylic acids is 1. The monoisotopic (exact) mass is 221 g/mol. The molecule has 1 aromatic carbocycles. The zero-order chi connectivity index (χ0) is 12.1.